The van der Waals surface area contributed by atoms with E-state index < -0.39 is 6.10 Å². The van der Waals surface area contributed by atoms with E-state index in [2.05, 4.69) is 86.8 Å². The van der Waals surface area contributed by atoms with E-state index in [9.17, 15) is 14.7 Å². The summed E-state index contributed by atoms with van der Waals surface area (Å²) in [7, 11) is 0. The van der Waals surface area contributed by atoms with Gasteiger partial charge < -0.3 is 14.6 Å². The number of esters is 2. The van der Waals surface area contributed by atoms with E-state index >= 15 is 0 Å². The summed E-state index contributed by atoms with van der Waals surface area (Å²) in [6, 6.07) is 0. The standard InChI is InChI=1S/C43H72O5/c1-3-5-7-9-11-13-15-17-19-20-21-22-24-26-28-30-32-34-36-38-43(46)48-41(39-44)40-47-42(45)37-35-33-31-29-27-25-23-18-16-14-12-10-8-6-4-2/h11-14,17-19,21-23,26,28,41,44H,3-10,15-16,20,24-25,27,29-40H2,1-2H3/b13-11+,14-12+,19-17+,22-21+,23-18+,28-26+/t41-/m0/s1. The minimum atomic E-state index is -0.797. The van der Waals surface area contributed by atoms with Crippen LogP contribution in [0.3, 0.4) is 0 Å². The molecule has 0 bridgehead atoms. The number of hydrogen-bond donors (Lipinski definition) is 1. The molecule has 0 spiro atoms. The highest BCUT2D eigenvalue weighted by molar-refractivity contribution is 5.70. The van der Waals surface area contributed by atoms with Gasteiger partial charge >= 0.3 is 11.9 Å². The highest BCUT2D eigenvalue weighted by Gasteiger charge is 2.16. The van der Waals surface area contributed by atoms with Gasteiger partial charge in [-0.15, -0.1) is 0 Å². The van der Waals surface area contributed by atoms with Crippen molar-refractivity contribution < 1.29 is 24.2 Å². The number of carbonyl (C=O) groups is 2. The number of hydrogen-bond acceptors (Lipinski definition) is 5. The van der Waals surface area contributed by atoms with Crippen molar-refractivity contribution >= 4 is 11.9 Å². The van der Waals surface area contributed by atoms with E-state index in [4.69, 9.17) is 9.47 Å². The lowest BCUT2D eigenvalue weighted by atomic mass is 10.1. The van der Waals surface area contributed by atoms with Crippen LogP contribution in [0.25, 0.3) is 0 Å². The topological polar surface area (TPSA) is 72.8 Å². The third-order valence-corrected chi connectivity index (χ3v) is 7.97. The molecule has 0 aromatic heterocycles. The predicted molar refractivity (Wildman–Crippen MR) is 205 cm³/mol. The highest BCUT2D eigenvalue weighted by atomic mass is 16.6. The van der Waals surface area contributed by atoms with Crippen molar-refractivity contribution in [2.24, 2.45) is 0 Å². The molecule has 0 radical (unpaired) electrons. The quantitative estimate of drug-likeness (QED) is 0.0420. The lowest BCUT2D eigenvalue weighted by molar-refractivity contribution is -0.161. The Morgan fingerprint density at radius 1 is 0.479 bits per heavy atom. The second-order valence-corrected chi connectivity index (χ2v) is 12.6. The normalized spacial score (nSPS) is 13.0. The van der Waals surface area contributed by atoms with E-state index in [0.29, 0.717) is 12.8 Å². The molecular weight excluding hydrogens is 596 g/mol. The summed E-state index contributed by atoms with van der Waals surface area (Å²) in [4.78, 5) is 24.2. The van der Waals surface area contributed by atoms with Crippen LogP contribution in [0.2, 0.25) is 0 Å². The zero-order valence-electron chi connectivity index (χ0n) is 31.0. The van der Waals surface area contributed by atoms with Crippen molar-refractivity contribution in [1.29, 1.82) is 0 Å². The second-order valence-electron chi connectivity index (χ2n) is 12.6. The molecule has 0 aliphatic heterocycles. The molecule has 48 heavy (non-hydrogen) atoms. The molecule has 1 atom stereocenters. The summed E-state index contributed by atoms with van der Waals surface area (Å²) in [5, 5.41) is 9.54. The Bertz CT molecular complexity index is 895. The molecule has 1 N–H and O–H groups in total. The van der Waals surface area contributed by atoms with E-state index in [1.165, 1.54) is 64.2 Å². The van der Waals surface area contributed by atoms with Crippen LogP contribution in [-0.2, 0) is 19.1 Å². The van der Waals surface area contributed by atoms with E-state index in [-0.39, 0.29) is 25.2 Å². The summed E-state index contributed by atoms with van der Waals surface area (Å²) in [5.74, 6) is -0.649. The van der Waals surface area contributed by atoms with Gasteiger partial charge in [-0.2, -0.15) is 0 Å². The van der Waals surface area contributed by atoms with Gasteiger partial charge in [0.1, 0.15) is 6.61 Å². The van der Waals surface area contributed by atoms with E-state index in [1.54, 1.807) is 0 Å². The molecule has 0 rings (SSSR count). The molecule has 0 saturated heterocycles. The SMILES string of the molecule is CCCCC/C=C/C/C=C/C/C=C/C/C=C/CCCCCC(=O)O[C@@H](CO)COC(=O)CCCCCCC/C=C/C/C=C/CCCCC. The molecule has 5 heteroatoms. The maximum absolute atomic E-state index is 12.2. The minimum absolute atomic E-state index is 0.0899. The molecule has 0 aliphatic rings. The summed E-state index contributed by atoms with van der Waals surface area (Å²) in [5.41, 5.74) is 0. The average molecular weight is 669 g/mol. The van der Waals surface area contributed by atoms with Crippen LogP contribution in [0, 0.1) is 0 Å². The molecule has 0 unspecified atom stereocenters. The highest BCUT2D eigenvalue weighted by Crippen LogP contribution is 2.10. The minimum Gasteiger partial charge on any atom is -0.462 e. The average Bonchev–Trinajstić information content (AvgIpc) is 3.09. The Labute approximate surface area is 295 Å². The summed E-state index contributed by atoms with van der Waals surface area (Å²) in [6.45, 7) is 4.03. The molecule has 5 nitrogen and oxygen atoms in total. The Morgan fingerprint density at radius 3 is 1.27 bits per heavy atom. The number of aliphatic hydroxyl groups is 1. The van der Waals surface area contributed by atoms with Crippen LogP contribution in [0.15, 0.2) is 72.9 Å². The zero-order chi connectivity index (χ0) is 35.0. The first-order chi connectivity index (χ1) is 23.6. The molecule has 0 aliphatic carbocycles. The second kappa shape index (κ2) is 38.8. The van der Waals surface area contributed by atoms with Gasteiger partial charge in [-0.1, -0.05) is 138 Å². The van der Waals surface area contributed by atoms with Crippen molar-refractivity contribution in [3.8, 4) is 0 Å². The predicted octanol–water partition coefficient (Wildman–Crippen LogP) is 12.2. The van der Waals surface area contributed by atoms with Crippen LogP contribution < -0.4 is 0 Å². The number of aliphatic hydroxyl groups excluding tert-OH is 1. The van der Waals surface area contributed by atoms with Gasteiger partial charge in [0.25, 0.3) is 0 Å². The fraction of sp³-hybridized carbons (Fsp3) is 0.674. The maximum atomic E-state index is 12.2. The molecule has 274 valence electrons. The number of unbranched alkanes of at least 4 members (excludes halogenated alkanes) is 14. The molecule has 0 saturated carbocycles. The first-order valence-electron chi connectivity index (χ1n) is 19.5. The summed E-state index contributed by atoms with van der Waals surface area (Å²) in [6.07, 6.45) is 51.0. The third kappa shape index (κ3) is 36.2. The number of allylic oxidation sites excluding steroid dienone is 12. The van der Waals surface area contributed by atoms with Crippen LogP contribution in [0.4, 0.5) is 0 Å². The van der Waals surface area contributed by atoms with Gasteiger partial charge in [0, 0.05) is 12.8 Å². The zero-order valence-corrected chi connectivity index (χ0v) is 31.0. The number of carbonyl (C=O) groups excluding carboxylic acids is 2. The van der Waals surface area contributed by atoms with Crippen molar-refractivity contribution in [3.05, 3.63) is 72.9 Å². The van der Waals surface area contributed by atoms with Gasteiger partial charge in [-0.3, -0.25) is 9.59 Å². The number of ether oxygens (including phenoxy) is 2. The fourth-order valence-corrected chi connectivity index (χ4v) is 4.98. The van der Waals surface area contributed by atoms with Crippen LogP contribution in [-0.4, -0.2) is 36.4 Å². The van der Waals surface area contributed by atoms with Crippen LogP contribution >= 0.6 is 0 Å². The fourth-order valence-electron chi connectivity index (χ4n) is 4.98. The van der Waals surface area contributed by atoms with Crippen molar-refractivity contribution in [2.75, 3.05) is 13.2 Å². The van der Waals surface area contributed by atoms with Crippen molar-refractivity contribution in [3.63, 3.8) is 0 Å². The smallest absolute Gasteiger partial charge is 0.306 e. The molecule has 0 aromatic rings. The molecule has 0 amide bonds. The molecule has 0 heterocycles. The summed E-state index contributed by atoms with van der Waals surface area (Å²) < 4.78 is 10.6. The first-order valence-corrected chi connectivity index (χ1v) is 19.5. The Hall–Kier alpha value is -2.66. The number of rotatable bonds is 34. The van der Waals surface area contributed by atoms with Gasteiger partial charge in [-0.25, -0.2) is 0 Å². The van der Waals surface area contributed by atoms with Gasteiger partial charge in [-0.05, 0) is 89.9 Å². The Balaban J connectivity index is 3.69. The van der Waals surface area contributed by atoms with Gasteiger partial charge in [0.15, 0.2) is 6.10 Å². The molecule has 0 aromatic carbocycles. The monoisotopic (exact) mass is 669 g/mol. The Kier molecular flexibility index (Phi) is 36.6. The third-order valence-electron chi connectivity index (χ3n) is 7.97. The Morgan fingerprint density at radius 2 is 0.833 bits per heavy atom. The maximum Gasteiger partial charge on any atom is 0.306 e. The summed E-state index contributed by atoms with van der Waals surface area (Å²) >= 11 is 0. The largest absolute Gasteiger partial charge is 0.462 e. The molecule has 0 fully saturated rings. The van der Waals surface area contributed by atoms with E-state index in [0.717, 1.165) is 77.0 Å². The van der Waals surface area contributed by atoms with Crippen molar-refractivity contribution in [1.82, 2.24) is 0 Å². The van der Waals surface area contributed by atoms with Crippen LogP contribution in [0.1, 0.15) is 168 Å². The van der Waals surface area contributed by atoms with Gasteiger partial charge in [0.2, 0.25) is 0 Å². The van der Waals surface area contributed by atoms with Crippen molar-refractivity contribution in [2.45, 2.75) is 174 Å². The molecular formula is C43H72O5. The van der Waals surface area contributed by atoms with Gasteiger partial charge in [0.05, 0.1) is 6.61 Å². The lowest BCUT2D eigenvalue weighted by Crippen LogP contribution is -2.28. The van der Waals surface area contributed by atoms with Crippen LogP contribution in [0.5, 0.6) is 0 Å². The van der Waals surface area contributed by atoms with E-state index in [1.807, 2.05) is 0 Å². The first kappa shape index (κ1) is 45.3. The lowest BCUT2D eigenvalue weighted by Gasteiger charge is -2.15.